The zero-order chi connectivity index (χ0) is 13.6. The molecule has 0 radical (unpaired) electrons. The molecular weight excluding hydrogens is 244 g/mol. The summed E-state index contributed by atoms with van der Waals surface area (Å²) in [6.07, 6.45) is 2.19. The minimum Gasteiger partial charge on any atom is -0.481 e. The van der Waals surface area contributed by atoms with Crippen LogP contribution in [0.1, 0.15) is 24.8 Å². The predicted octanol–water partition coefficient (Wildman–Crippen LogP) is 2.47. The molecule has 1 aliphatic rings. The number of hydrogen-bond acceptors (Lipinski definition) is 3. The number of benzene rings is 1. The third-order valence-electron chi connectivity index (χ3n) is 3.52. The lowest BCUT2D eigenvalue weighted by molar-refractivity contribution is -0.144. The second-order valence-corrected chi connectivity index (χ2v) is 4.99. The van der Waals surface area contributed by atoms with Gasteiger partial charge in [-0.1, -0.05) is 30.3 Å². The Labute approximate surface area is 113 Å². The van der Waals surface area contributed by atoms with Crippen molar-refractivity contribution < 1.29 is 19.4 Å². The van der Waals surface area contributed by atoms with E-state index < -0.39 is 11.4 Å². The fourth-order valence-electron chi connectivity index (χ4n) is 1.97. The molecule has 1 N–H and O–H groups in total. The highest BCUT2D eigenvalue weighted by atomic mass is 16.5. The average Bonchev–Trinajstić information content (AvgIpc) is 3.20. The smallest absolute Gasteiger partial charge is 0.309 e. The molecule has 19 heavy (non-hydrogen) atoms. The van der Waals surface area contributed by atoms with Crippen LogP contribution < -0.4 is 0 Å². The molecule has 104 valence electrons. The molecule has 0 bridgehead atoms. The summed E-state index contributed by atoms with van der Waals surface area (Å²) in [5.41, 5.74) is 0.663. The number of carboxylic acid groups (broad SMARTS) is 1. The van der Waals surface area contributed by atoms with Crippen molar-refractivity contribution in [3.63, 3.8) is 0 Å². The second kappa shape index (κ2) is 6.68. The molecule has 4 heteroatoms. The van der Waals surface area contributed by atoms with Gasteiger partial charge in [0, 0.05) is 6.61 Å². The zero-order valence-electron chi connectivity index (χ0n) is 11.0. The predicted molar refractivity (Wildman–Crippen MR) is 70.8 cm³/mol. The van der Waals surface area contributed by atoms with Gasteiger partial charge in [0.2, 0.25) is 0 Å². The van der Waals surface area contributed by atoms with Gasteiger partial charge >= 0.3 is 5.97 Å². The first kappa shape index (κ1) is 14.0. The standard InChI is InChI=1S/C15H20O4/c16-14(17)15(6-7-15)8-9-18-10-11-19-12-13-4-2-1-3-5-13/h1-5H,6-12H2,(H,16,17). The fraction of sp³-hybridized carbons (Fsp3) is 0.533. The third-order valence-corrected chi connectivity index (χ3v) is 3.52. The lowest BCUT2D eigenvalue weighted by atomic mass is 10.0. The Hall–Kier alpha value is -1.39. The van der Waals surface area contributed by atoms with E-state index in [4.69, 9.17) is 14.6 Å². The Balaban J connectivity index is 1.48. The van der Waals surface area contributed by atoms with Crippen molar-refractivity contribution in [2.75, 3.05) is 19.8 Å². The van der Waals surface area contributed by atoms with E-state index in [1.807, 2.05) is 30.3 Å². The van der Waals surface area contributed by atoms with Crippen LogP contribution in [0.5, 0.6) is 0 Å². The molecule has 1 aromatic carbocycles. The van der Waals surface area contributed by atoms with Crippen LogP contribution in [0, 0.1) is 5.41 Å². The van der Waals surface area contributed by atoms with Crippen LogP contribution in [-0.2, 0) is 20.9 Å². The van der Waals surface area contributed by atoms with E-state index in [-0.39, 0.29) is 0 Å². The van der Waals surface area contributed by atoms with Crippen LogP contribution in [0.4, 0.5) is 0 Å². The van der Waals surface area contributed by atoms with Gasteiger partial charge in [0.25, 0.3) is 0 Å². The average molecular weight is 264 g/mol. The van der Waals surface area contributed by atoms with E-state index in [1.165, 1.54) is 0 Å². The number of carboxylic acids is 1. The molecule has 0 amide bonds. The number of ether oxygens (including phenoxy) is 2. The van der Waals surface area contributed by atoms with Gasteiger partial charge in [0.15, 0.2) is 0 Å². The molecule has 0 spiro atoms. The molecule has 1 fully saturated rings. The van der Waals surface area contributed by atoms with Gasteiger partial charge in [0.05, 0.1) is 25.2 Å². The van der Waals surface area contributed by atoms with Gasteiger partial charge < -0.3 is 14.6 Å². The van der Waals surface area contributed by atoms with E-state index >= 15 is 0 Å². The first-order chi connectivity index (χ1) is 9.23. The van der Waals surface area contributed by atoms with E-state index in [1.54, 1.807) is 0 Å². The second-order valence-electron chi connectivity index (χ2n) is 4.99. The van der Waals surface area contributed by atoms with Crippen LogP contribution in [0.15, 0.2) is 30.3 Å². The van der Waals surface area contributed by atoms with Gasteiger partial charge in [-0.3, -0.25) is 4.79 Å². The van der Waals surface area contributed by atoms with Crippen molar-refractivity contribution in [2.24, 2.45) is 5.41 Å². The van der Waals surface area contributed by atoms with Crippen molar-refractivity contribution in [1.29, 1.82) is 0 Å². The highest BCUT2D eigenvalue weighted by Crippen LogP contribution is 2.48. The van der Waals surface area contributed by atoms with Gasteiger partial charge in [-0.25, -0.2) is 0 Å². The molecule has 0 atom stereocenters. The SMILES string of the molecule is O=C(O)C1(CCOCCOCc2ccccc2)CC1. The fourth-order valence-corrected chi connectivity index (χ4v) is 1.97. The van der Waals surface area contributed by atoms with Crippen molar-refractivity contribution >= 4 is 5.97 Å². The minimum atomic E-state index is -0.684. The largest absolute Gasteiger partial charge is 0.481 e. The highest BCUT2D eigenvalue weighted by Gasteiger charge is 2.49. The monoisotopic (exact) mass is 264 g/mol. The Bertz CT molecular complexity index is 398. The molecule has 1 saturated carbocycles. The molecule has 4 nitrogen and oxygen atoms in total. The van der Waals surface area contributed by atoms with Crippen LogP contribution in [0.2, 0.25) is 0 Å². The Morgan fingerprint density at radius 1 is 1.11 bits per heavy atom. The molecular formula is C15H20O4. The lowest BCUT2D eigenvalue weighted by Gasteiger charge is -2.10. The van der Waals surface area contributed by atoms with E-state index in [0.717, 1.165) is 18.4 Å². The summed E-state index contributed by atoms with van der Waals surface area (Å²) in [4.78, 5) is 10.9. The quantitative estimate of drug-likeness (QED) is 0.696. The molecule has 1 aliphatic carbocycles. The normalized spacial score (nSPS) is 16.2. The van der Waals surface area contributed by atoms with Gasteiger partial charge in [0.1, 0.15) is 0 Å². The van der Waals surface area contributed by atoms with Gasteiger partial charge in [-0.2, -0.15) is 0 Å². The molecule has 0 saturated heterocycles. The highest BCUT2D eigenvalue weighted by molar-refractivity contribution is 5.77. The van der Waals surface area contributed by atoms with E-state index in [2.05, 4.69) is 0 Å². The van der Waals surface area contributed by atoms with Crippen LogP contribution in [0.3, 0.4) is 0 Å². The summed E-state index contributed by atoms with van der Waals surface area (Å²) in [6.45, 7) is 2.14. The number of rotatable bonds is 9. The first-order valence-corrected chi connectivity index (χ1v) is 6.66. The Morgan fingerprint density at radius 2 is 1.79 bits per heavy atom. The maximum absolute atomic E-state index is 10.9. The molecule has 0 aliphatic heterocycles. The van der Waals surface area contributed by atoms with Crippen molar-refractivity contribution in [3.05, 3.63) is 35.9 Å². The van der Waals surface area contributed by atoms with E-state index in [9.17, 15) is 4.79 Å². The Morgan fingerprint density at radius 3 is 2.42 bits per heavy atom. The molecule has 2 rings (SSSR count). The lowest BCUT2D eigenvalue weighted by Crippen LogP contribution is -2.17. The summed E-state index contributed by atoms with van der Waals surface area (Å²) in [5.74, 6) is -0.684. The molecule has 0 heterocycles. The number of aliphatic carboxylic acids is 1. The summed E-state index contributed by atoms with van der Waals surface area (Å²) >= 11 is 0. The van der Waals surface area contributed by atoms with Crippen molar-refractivity contribution in [1.82, 2.24) is 0 Å². The van der Waals surface area contributed by atoms with Gasteiger partial charge in [-0.15, -0.1) is 0 Å². The van der Waals surface area contributed by atoms with Gasteiger partial charge in [-0.05, 0) is 24.8 Å². The maximum atomic E-state index is 10.9. The van der Waals surface area contributed by atoms with E-state index in [0.29, 0.717) is 32.8 Å². The Kier molecular flexibility index (Phi) is 4.93. The summed E-state index contributed by atoms with van der Waals surface area (Å²) in [6, 6.07) is 9.98. The van der Waals surface area contributed by atoms with Crippen molar-refractivity contribution in [2.45, 2.75) is 25.9 Å². The summed E-state index contributed by atoms with van der Waals surface area (Å²) in [7, 11) is 0. The zero-order valence-corrected chi connectivity index (χ0v) is 11.0. The number of hydrogen-bond donors (Lipinski definition) is 1. The minimum absolute atomic E-state index is 0.481. The number of carbonyl (C=O) groups is 1. The summed E-state index contributed by atoms with van der Waals surface area (Å²) < 4.78 is 10.9. The first-order valence-electron chi connectivity index (χ1n) is 6.66. The topological polar surface area (TPSA) is 55.8 Å². The summed E-state index contributed by atoms with van der Waals surface area (Å²) in [5, 5.41) is 8.99. The molecule has 0 unspecified atom stereocenters. The van der Waals surface area contributed by atoms with Crippen LogP contribution >= 0.6 is 0 Å². The molecule has 0 aromatic heterocycles. The molecule has 1 aromatic rings. The van der Waals surface area contributed by atoms with Crippen LogP contribution in [-0.4, -0.2) is 30.9 Å². The maximum Gasteiger partial charge on any atom is 0.309 e. The third kappa shape index (κ3) is 4.33. The van der Waals surface area contributed by atoms with Crippen LogP contribution in [0.25, 0.3) is 0 Å². The van der Waals surface area contributed by atoms with Crippen molar-refractivity contribution in [3.8, 4) is 0 Å².